The average Bonchev–Trinajstić information content (AvgIpc) is 2.79. The second-order valence-corrected chi connectivity index (χ2v) is 6.80. The van der Waals surface area contributed by atoms with E-state index in [1.54, 1.807) is 7.11 Å². The molecule has 2 saturated carbocycles. The van der Waals surface area contributed by atoms with E-state index in [4.69, 9.17) is 4.74 Å². The minimum absolute atomic E-state index is 0.246. The van der Waals surface area contributed by atoms with E-state index < -0.39 is 5.67 Å². The molecule has 2 unspecified atom stereocenters. The van der Waals surface area contributed by atoms with Crippen LogP contribution in [0.15, 0.2) is 6.07 Å². The number of alkyl halides is 1. The smallest absolute Gasteiger partial charge is 0.134 e. The van der Waals surface area contributed by atoms with Gasteiger partial charge >= 0.3 is 0 Å². The highest BCUT2D eigenvalue weighted by Gasteiger charge is 2.63. The normalized spacial score (nSPS) is 35.6. The predicted octanol–water partition coefficient (Wildman–Crippen LogP) is 3.50. The van der Waals surface area contributed by atoms with E-state index in [-0.39, 0.29) is 6.61 Å². The number of aryl methyl sites for hydroxylation is 1. The molecule has 3 rings (SSSR count). The van der Waals surface area contributed by atoms with Crippen LogP contribution in [0.2, 0.25) is 0 Å². The zero-order chi connectivity index (χ0) is 14.5. The van der Waals surface area contributed by atoms with Crippen molar-refractivity contribution in [1.29, 1.82) is 0 Å². The highest BCUT2D eigenvalue weighted by molar-refractivity contribution is 5.29. The van der Waals surface area contributed by atoms with E-state index in [0.717, 1.165) is 12.1 Å². The summed E-state index contributed by atoms with van der Waals surface area (Å²) in [4.78, 5) is 0. The van der Waals surface area contributed by atoms with Crippen LogP contribution in [0.25, 0.3) is 0 Å². The lowest BCUT2D eigenvalue weighted by Gasteiger charge is -2.22. The quantitative estimate of drug-likeness (QED) is 0.825. The van der Waals surface area contributed by atoms with E-state index in [9.17, 15) is 4.39 Å². The number of halogens is 1. The minimum Gasteiger partial charge on any atom is -0.381 e. The topological polar surface area (TPSA) is 27.1 Å². The number of hydrogen-bond acceptors (Lipinski definition) is 2. The van der Waals surface area contributed by atoms with Crippen molar-refractivity contribution in [1.82, 2.24) is 9.78 Å². The molecule has 112 valence electrons. The maximum atomic E-state index is 14.5. The average molecular weight is 280 g/mol. The zero-order valence-corrected chi connectivity index (χ0v) is 12.9. The van der Waals surface area contributed by atoms with Crippen LogP contribution in [0.5, 0.6) is 0 Å². The third-order valence-electron chi connectivity index (χ3n) is 4.95. The first-order chi connectivity index (χ1) is 9.49. The first-order valence-electron chi connectivity index (χ1n) is 7.75. The van der Waals surface area contributed by atoms with Gasteiger partial charge in [-0.1, -0.05) is 6.92 Å². The van der Waals surface area contributed by atoms with E-state index in [0.29, 0.717) is 36.6 Å². The highest BCUT2D eigenvalue weighted by atomic mass is 19.1. The molecule has 0 bridgehead atoms. The van der Waals surface area contributed by atoms with Gasteiger partial charge in [-0.2, -0.15) is 5.10 Å². The molecule has 2 aliphatic rings. The Bertz CT molecular complexity index is 485. The van der Waals surface area contributed by atoms with Crippen LogP contribution in [-0.2, 0) is 11.2 Å². The molecule has 0 N–H and O–H groups in total. The number of ether oxygens (including phenoxy) is 1. The maximum absolute atomic E-state index is 14.5. The summed E-state index contributed by atoms with van der Waals surface area (Å²) in [5.74, 6) is 1.51. The van der Waals surface area contributed by atoms with Crippen LogP contribution >= 0.6 is 0 Å². The van der Waals surface area contributed by atoms with Crippen molar-refractivity contribution in [2.45, 2.75) is 57.7 Å². The number of methoxy groups -OCH3 is 1. The summed E-state index contributed by atoms with van der Waals surface area (Å²) in [7, 11) is 1.59. The van der Waals surface area contributed by atoms with Gasteiger partial charge in [-0.3, -0.25) is 4.68 Å². The lowest BCUT2D eigenvalue weighted by atomic mass is 9.96. The van der Waals surface area contributed by atoms with Gasteiger partial charge in [-0.05, 0) is 51.0 Å². The van der Waals surface area contributed by atoms with Crippen molar-refractivity contribution in [2.24, 2.45) is 11.8 Å². The molecule has 20 heavy (non-hydrogen) atoms. The second-order valence-electron chi connectivity index (χ2n) is 6.80. The van der Waals surface area contributed by atoms with Gasteiger partial charge in [0.1, 0.15) is 5.67 Å². The fourth-order valence-corrected chi connectivity index (χ4v) is 4.04. The first kappa shape index (κ1) is 14.1. The van der Waals surface area contributed by atoms with Gasteiger partial charge < -0.3 is 4.74 Å². The van der Waals surface area contributed by atoms with Crippen molar-refractivity contribution in [2.75, 3.05) is 13.7 Å². The largest absolute Gasteiger partial charge is 0.381 e. The first-order valence-corrected chi connectivity index (χ1v) is 7.75. The maximum Gasteiger partial charge on any atom is 0.134 e. The molecular formula is C16H25FN2O. The standard InChI is InChI=1S/C16H25FN2O/c1-5-11-6-14(19(18-11)10(2)3)15-12-7-16(17,9-20-4)8-13(12)15/h6,10,12-13,15H,5,7-9H2,1-4H3. The fraction of sp³-hybridized carbons (Fsp3) is 0.812. The molecule has 0 saturated heterocycles. The Morgan fingerprint density at radius 1 is 1.45 bits per heavy atom. The fourth-order valence-electron chi connectivity index (χ4n) is 4.04. The lowest BCUT2D eigenvalue weighted by molar-refractivity contribution is 0.0353. The Kier molecular flexibility index (Phi) is 3.39. The van der Waals surface area contributed by atoms with Crippen LogP contribution < -0.4 is 0 Å². The van der Waals surface area contributed by atoms with Crippen LogP contribution in [0, 0.1) is 11.8 Å². The predicted molar refractivity (Wildman–Crippen MR) is 76.7 cm³/mol. The number of hydrogen-bond donors (Lipinski definition) is 0. The number of aromatic nitrogens is 2. The molecule has 1 aromatic rings. The van der Waals surface area contributed by atoms with Gasteiger partial charge in [-0.15, -0.1) is 0 Å². The van der Waals surface area contributed by atoms with Crippen molar-refractivity contribution in [3.8, 4) is 0 Å². The van der Waals surface area contributed by atoms with Crippen LogP contribution in [0.3, 0.4) is 0 Å². The summed E-state index contributed by atoms with van der Waals surface area (Å²) in [6.45, 7) is 6.71. The molecule has 0 amide bonds. The van der Waals surface area contributed by atoms with E-state index >= 15 is 0 Å². The van der Waals surface area contributed by atoms with Gasteiger partial charge in [0.2, 0.25) is 0 Å². The van der Waals surface area contributed by atoms with E-state index in [1.807, 2.05) is 0 Å². The van der Waals surface area contributed by atoms with Gasteiger partial charge in [0.25, 0.3) is 0 Å². The summed E-state index contributed by atoms with van der Waals surface area (Å²) in [6, 6.07) is 2.61. The van der Waals surface area contributed by atoms with E-state index in [2.05, 4.69) is 36.6 Å². The number of fused-ring (bicyclic) bond motifs is 1. The van der Waals surface area contributed by atoms with Crippen molar-refractivity contribution in [3.05, 3.63) is 17.5 Å². The minimum atomic E-state index is -1.09. The number of rotatable bonds is 5. The molecule has 0 spiro atoms. The Hall–Kier alpha value is -0.900. The Balaban J connectivity index is 1.77. The van der Waals surface area contributed by atoms with Crippen molar-refractivity contribution < 1.29 is 9.13 Å². The van der Waals surface area contributed by atoms with Crippen LogP contribution in [0.4, 0.5) is 4.39 Å². The van der Waals surface area contributed by atoms with Crippen molar-refractivity contribution in [3.63, 3.8) is 0 Å². The Morgan fingerprint density at radius 3 is 2.60 bits per heavy atom. The SMILES string of the molecule is CCc1cc(C2C3CC(F)(COC)CC32)n(C(C)C)n1. The second kappa shape index (κ2) is 4.83. The lowest BCUT2D eigenvalue weighted by Crippen LogP contribution is -2.27. The molecule has 2 aliphatic carbocycles. The van der Waals surface area contributed by atoms with Crippen LogP contribution in [0.1, 0.15) is 57.0 Å². The molecule has 1 aromatic heterocycles. The van der Waals surface area contributed by atoms with E-state index in [1.165, 1.54) is 5.69 Å². The monoisotopic (exact) mass is 280 g/mol. The van der Waals surface area contributed by atoms with Gasteiger partial charge in [0, 0.05) is 24.8 Å². The highest BCUT2D eigenvalue weighted by Crippen LogP contribution is 2.66. The third-order valence-corrected chi connectivity index (χ3v) is 4.95. The summed E-state index contributed by atoms with van der Waals surface area (Å²) >= 11 is 0. The Labute approximate surface area is 120 Å². The summed E-state index contributed by atoms with van der Waals surface area (Å²) in [5, 5.41) is 4.69. The molecule has 3 nitrogen and oxygen atoms in total. The molecule has 4 heteroatoms. The summed E-state index contributed by atoms with van der Waals surface area (Å²) in [5.41, 5.74) is 1.39. The molecule has 0 radical (unpaired) electrons. The van der Waals surface area contributed by atoms with Crippen molar-refractivity contribution >= 4 is 0 Å². The van der Waals surface area contributed by atoms with Gasteiger partial charge in [-0.25, -0.2) is 4.39 Å². The third kappa shape index (κ3) is 2.18. The van der Waals surface area contributed by atoms with Gasteiger partial charge in [0.15, 0.2) is 0 Å². The molecule has 0 aliphatic heterocycles. The van der Waals surface area contributed by atoms with Crippen LogP contribution in [-0.4, -0.2) is 29.2 Å². The molecule has 2 atom stereocenters. The van der Waals surface area contributed by atoms with Gasteiger partial charge in [0.05, 0.1) is 12.3 Å². The molecule has 2 fully saturated rings. The number of nitrogens with zero attached hydrogens (tertiary/aromatic N) is 2. The molecule has 0 aromatic carbocycles. The zero-order valence-electron chi connectivity index (χ0n) is 12.9. The Morgan fingerprint density at radius 2 is 2.10 bits per heavy atom. The summed E-state index contributed by atoms with van der Waals surface area (Å²) < 4.78 is 21.6. The summed E-state index contributed by atoms with van der Waals surface area (Å²) in [6.07, 6.45) is 2.27. The molecule has 1 heterocycles. The molecular weight excluding hydrogens is 255 g/mol.